The molecule has 0 saturated carbocycles. The molecule has 0 aliphatic rings. The zero-order chi connectivity index (χ0) is 8.81. The van der Waals surface area contributed by atoms with Crippen molar-refractivity contribution in [2.75, 3.05) is 11.9 Å². The normalized spacial score (nSPS) is 12.5. The largest absolute Gasteiger partial charge is 0.393 e. The van der Waals surface area contributed by atoms with Crippen LogP contribution in [0.3, 0.4) is 0 Å². The van der Waals surface area contributed by atoms with Crippen LogP contribution in [-0.2, 0) is 0 Å². The quantitative estimate of drug-likeness (QED) is 0.691. The molecule has 0 aliphatic heterocycles. The van der Waals surface area contributed by atoms with E-state index in [1.165, 1.54) is 0 Å². The Balaban J connectivity index is 2.25. The summed E-state index contributed by atoms with van der Waals surface area (Å²) < 4.78 is 0. The van der Waals surface area contributed by atoms with Crippen molar-refractivity contribution < 1.29 is 5.11 Å². The second kappa shape index (κ2) is 4.66. The van der Waals surface area contributed by atoms with Gasteiger partial charge in [-0.25, -0.2) is 9.97 Å². The van der Waals surface area contributed by atoms with Crippen LogP contribution in [0.25, 0.3) is 0 Å². The maximum absolute atomic E-state index is 8.95. The van der Waals surface area contributed by atoms with Gasteiger partial charge in [-0.1, -0.05) is 0 Å². The second-order valence-electron chi connectivity index (χ2n) is 2.64. The van der Waals surface area contributed by atoms with Crippen LogP contribution in [-0.4, -0.2) is 27.7 Å². The highest BCUT2D eigenvalue weighted by Gasteiger charge is 1.95. The molecule has 1 unspecified atom stereocenters. The number of aliphatic hydroxyl groups is 1. The van der Waals surface area contributed by atoms with Crippen molar-refractivity contribution in [2.24, 2.45) is 0 Å². The first-order valence-corrected chi connectivity index (χ1v) is 3.98. The van der Waals surface area contributed by atoms with E-state index < -0.39 is 0 Å². The molecule has 0 spiro atoms. The summed E-state index contributed by atoms with van der Waals surface area (Å²) in [5.74, 6) is 0.609. The molecule has 0 amide bonds. The molecule has 0 aromatic carbocycles. The smallest absolute Gasteiger partial charge is 0.222 e. The summed E-state index contributed by atoms with van der Waals surface area (Å²) in [6, 6.07) is 1.76. The van der Waals surface area contributed by atoms with E-state index >= 15 is 0 Å². The zero-order valence-electron chi connectivity index (χ0n) is 7.07. The van der Waals surface area contributed by atoms with Gasteiger partial charge in [0.15, 0.2) is 0 Å². The summed E-state index contributed by atoms with van der Waals surface area (Å²) in [6.45, 7) is 2.45. The summed E-state index contributed by atoms with van der Waals surface area (Å²) in [5.41, 5.74) is 0. The SMILES string of the molecule is CC(O)CCNc1ncccn1. The van der Waals surface area contributed by atoms with Crippen molar-refractivity contribution in [1.82, 2.24) is 9.97 Å². The first-order valence-electron chi connectivity index (χ1n) is 3.98. The van der Waals surface area contributed by atoms with Crippen LogP contribution in [0.4, 0.5) is 5.95 Å². The fourth-order valence-corrected chi connectivity index (χ4v) is 0.783. The van der Waals surface area contributed by atoms with E-state index in [2.05, 4.69) is 15.3 Å². The lowest BCUT2D eigenvalue weighted by atomic mass is 10.3. The Morgan fingerprint density at radius 2 is 2.17 bits per heavy atom. The van der Waals surface area contributed by atoms with Crippen LogP contribution in [0, 0.1) is 0 Å². The molecule has 0 fully saturated rings. The molecule has 4 heteroatoms. The number of nitrogens with one attached hydrogen (secondary N) is 1. The van der Waals surface area contributed by atoms with E-state index in [0.717, 1.165) is 0 Å². The third-order valence-electron chi connectivity index (χ3n) is 1.41. The van der Waals surface area contributed by atoms with Crippen LogP contribution < -0.4 is 5.32 Å². The number of aliphatic hydroxyl groups excluding tert-OH is 1. The van der Waals surface area contributed by atoms with Crippen molar-refractivity contribution >= 4 is 5.95 Å². The fourth-order valence-electron chi connectivity index (χ4n) is 0.783. The average molecular weight is 167 g/mol. The molecular weight excluding hydrogens is 154 g/mol. The first kappa shape index (κ1) is 8.93. The maximum Gasteiger partial charge on any atom is 0.222 e. The van der Waals surface area contributed by atoms with Crippen molar-refractivity contribution in [1.29, 1.82) is 0 Å². The number of aromatic nitrogens is 2. The van der Waals surface area contributed by atoms with Gasteiger partial charge in [-0.3, -0.25) is 0 Å². The second-order valence-corrected chi connectivity index (χ2v) is 2.64. The predicted octanol–water partition coefficient (Wildman–Crippen LogP) is 0.659. The Hall–Kier alpha value is -1.16. The van der Waals surface area contributed by atoms with Crippen LogP contribution in [0.15, 0.2) is 18.5 Å². The summed E-state index contributed by atoms with van der Waals surface area (Å²) in [6.07, 6.45) is 3.79. The van der Waals surface area contributed by atoms with Crippen molar-refractivity contribution in [3.63, 3.8) is 0 Å². The number of hydrogen-bond acceptors (Lipinski definition) is 4. The Kier molecular flexibility index (Phi) is 3.47. The predicted molar refractivity (Wildman–Crippen MR) is 46.8 cm³/mol. The minimum Gasteiger partial charge on any atom is -0.393 e. The molecule has 0 radical (unpaired) electrons. The van der Waals surface area contributed by atoms with Gasteiger partial charge in [-0.15, -0.1) is 0 Å². The first-order chi connectivity index (χ1) is 5.79. The zero-order valence-corrected chi connectivity index (χ0v) is 7.07. The van der Waals surface area contributed by atoms with Crippen LogP contribution in [0.1, 0.15) is 13.3 Å². The standard InChI is InChI=1S/C8H13N3O/c1-7(12)3-6-11-8-9-4-2-5-10-8/h2,4-5,7,12H,3,6H2,1H3,(H,9,10,11). The highest BCUT2D eigenvalue weighted by molar-refractivity contribution is 5.21. The number of nitrogens with zero attached hydrogens (tertiary/aromatic N) is 2. The summed E-state index contributed by atoms with van der Waals surface area (Å²) >= 11 is 0. The van der Waals surface area contributed by atoms with E-state index in [4.69, 9.17) is 5.11 Å². The molecule has 1 aromatic heterocycles. The molecule has 0 bridgehead atoms. The fraction of sp³-hybridized carbons (Fsp3) is 0.500. The molecule has 1 rings (SSSR count). The third kappa shape index (κ3) is 3.30. The Morgan fingerprint density at radius 3 is 2.75 bits per heavy atom. The van der Waals surface area contributed by atoms with Gasteiger partial charge in [0, 0.05) is 18.9 Å². The van der Waals surface area contributed by atoms with E-state index in [-0.39, 0.29) is 6.10 Å². The molecular formula is C8H13N3O. The van der Waals surface area contributed by atoms with Crippen molar-refractivity contribution in [3.05, 3.63) is 18.5 Å². The van der Waals surface area contributed by atoms with Gasteiger partial charge in [0.25, 0.3) is 0 Å². The van der Waals surface area contributed by atoms with Gasteiger partial charge in [0.1, 0.15) is 0 Å². The van der Waals surface area contributed by atoms with Gasteiger partial charge < -0.3 is 10.4 Å². The molecule has 4 nitrogen and oxygen atoms in total. The van der Waals surface area contributed by atoms with E-state index in [1.807, 2.05) is 0 Å². The summed E-state index contributed by atoms with van der Waals surface area (Å²) in [4.78, 5) is 7.94. The molecule has 12 heavy (non-hydrogen) atoms. The number of anilines is 1. The third-order valence-corrected chi connectivity index (χ3v) is 1.41. The number of rotatable bonds is 4. The molecule has 1 heterocycles. The minimum atomic E-state index is -0.277. The lowest BCUT2D eigenvalue weighted by Gasteiger charge is -2.04. The molecule has 0 saturated heterocycles. The Morgan fingerprint density at radius 1 is 1.50 bits per heavy atom. The molecule has 2 N–H and O–H groups in total. The van der Waals surface area contributed by atoms with Gasteiger partial charge in [0.2, 0.25) is 5.95 Å². The lowest BCUT2D eigenvalue weighted by molar-refractivity contribution is 0.188. The summed E-state index contributed by atoms with van der Waals surface area (Å²) in [7, 11) is 0. The van der Waals surface area contributed by atoms with Gasteiger partial charge in [-0.2, -0.15) is 0 Å². The van der Waals surface area contributed by atoms with Crippen molar-refractivity contribution in [3.8, 4) is 0 Å². The average Bonchev–Trinajstić information content (AvgIpc) is 2.05. The Bertz CT molecular complexity index is 213. The lowest BCUT2D eigenvalue weighted by Crippen LogP contribution is -2.11. The topological polar surface area (TPSA) is 58.0 Å². The number of hydrogen-bond donors (Lipinski definition) is 2. The van der Waals surface area contributed by atoms with Gasteiger partial charge in [0.05, 0.1) is 6.10 Å². The summed E-state index contributed by atoms with van der Waals surface area (Å²) in [5, 5.41) is 11.9. The van der Waals surface area contributed by atoms with Crippen LogP contribution >= 0.6 is 0 Å². The molecule has 0 aliphatic carbocycles. The maximum atomic E-state index is 8.95. The van der Waals surface area contributed by atoms with Gasteiger partial charge >= 0.3 is 0 Å². The molecule has 1 aromatic rings. The molecule has 66 valence electrons. The highest BCUT2D eigenvalue weighted by Crippen LogP contribution is 1.95. The van der Waals surface area contributed by atoms with E-state index in [0.29, 0.717) is 18.9 Å². The van der Waals surface area contributed by atoms with Crippen LogP contribution in [0.2, 0.25) is 0 Å². The van der Waals surface area contributed by atoms with E-state index in [9.17, 15) is 0 Å². The Labute approximate surface area is 71.7 Å². The van der Waals surface area contributed by atoms with Crippen LogP contribution in [0.5, 0.6) is 0 Å². The minimum absolute atomic E-state index is 0.277. The van der Waals surface area contributed by atoms with E-state index in [1.54, 1.807) is 25.4 Å². The van der Waals surface area contributed by atoms with Gasteiger partial charge in [-0.05, 0) is 19.4 Å². The highest BCUT2D eigenvalue weighted by atomic mass is 16.3. The molecule has 1 atom stereocenters. The van der Waals surface area contributed by atoms with Crippen molar-refractivity contribution in [2.45, 2.75) is 19.4 Å². The monoisotopic (exact) mass is 167 g/mol.